The average Bonchev–Trinajstić information content (AvgIpc) is 2.06. The van der Waals surface area contributed by atoms with Gasteiger partial charge < -0.3 is 4.74 Å². The molecule has 0 N–H and O–H groups in total. The molecular formula is C10H16O. The molecular weight excluding hydrogens is 136 g/mol. The Balaban J connectivity index is 2.53. The van der Waals surface area contributed by atoms with Gasteiger partial charge in [0.2, 0.25) is 0 Å². The van der Waals surface area contributed by atoms with E-state index in [2.05, 4.69) is 19.6 Å². The molecule has 62 valence electrons. The Morgan fingerprint density at radius 1 is 1.82 bits per heavy atom. The molecule has 0 saturated heterocycles. The fourth-order valence-electron chi connectivity index (χ4n) is 1.55. The summed E-state index contributed by atoms with van der Waals surface area (Å²) in [5.74, 6) is 0. The van der Waals surface area contributed by atoms with E-state index in [-0.39, 0.29) is 0 Å². The molecule has 0 fully saturated rings. The third-order valence-electron chi connectivity index (χ3n) is 2.16. The van der Waals surface area contributed by atoms with Crippen LogP contribution in [0.15, 0.2) is 24.5 Å². The van der Waals surface area contributed by atoms with Gasteiger partial charge in [0.1, 0.15) is 6.10 Å². The van der Waals surface area contributed by atoms with E-state index < -0.39 is 0 Å². The first-order valence-corrected chi connectivity index (χ1v) is 4.33. The molecule has 1 unspecified atom stereocenters. The molecule has 1 rings (SSSR count). The highest BCUT2D eigenvalue weighted by Gasteiger charge is 2.15. The second kappa shape index (κ2) is 4.22. The van der Waals surface area contributed by atoms with E-state index in [0.717, 1.165) is 12.8 Å². The van der Waals surface area contributed by atoms with Crippen LogP contribution in [0.3, 0.4) is 0 Å². The molecule has 0 amide bonds. The van der Waals surface area contributed by atoms with Gasteiger partial charge in [0, 0.05) is 0 Å². The van der Waals surface area contributed by atoms with E-state index in [1.54, 1.807) is 6.26 Å². The Hall–Kier alpha value is -0.720. The molecule has 0 aliphatic heterocycles. The van der Waals surface area contributed by atoms with Crippen LogP contribution in [-0.2, 0) is 4.74 Å². The smallest absolute Gasteiger partial charge is 0.119 e. The molecule has 0 aromatic carbocycles. The summed E-state index contributed by atoms with van der Waals surface area (Å²) in [5, 5.41) is 0. The molecule has 0 bridgehead atoms. The highest BCUT2D eigenvalue weighted by atomic mass is 16.5. The predicted octanol–water partition coefficient (Wildman–Crippen LogP) is 3.04. The first-order valence-electron chi connectivity index (χ1n) is 4.33. The first-order chi connectivity index (χ1) is 5.38. The topological polar surface area (TPSA) is 9.23 Å². The minimum Gasteiger partial charge on any atom is -0.494 e. The van der Waals surface area contributed by atoms with Crippen molar-refractivity contribution < 1.29 is 4.74 Å². The zero-order valence-electron chi connectivity index (χ0n) is 7.18. The molecule has 1 atom stereocenters. The summed E-state index contributed by atoms with van der Waals surface area (Å²) >= 11 is 0. The van der Waals surface area contributed by atoms with Crippen LogP contribution in [0.2, 0.25) is 0 Å². The van der Waals surface area contributed by atoms with Crippen molar-refractivity contribution in [2.75, 3.05) is 0 Å². The maximum atomic E-state index is 5.38. The van der Waals surface area contributed by atoms with Crippen molar-refractivity contribution in [3.05, 3.63) is 24.5 Å². The lowest BCUT2D eigenvalue weighted by Crippen LogP contribution is -2.15. The van der Waals surface area contributed by atoms with Crippen LogP contribution in [0.4, 0.5) is 0 Å². The second-order valence-electron chi connectivity index (χ2n) is 2.85. The van der Waals surface area contributed by atoms with Crippen molar-refractivity contribution >= 4 is 0 Å². The normalized spacial score (nSPS) is 24.1. The summed E-state index contributed by atoms with van der Waals surface area (Å²) < 4.78 is 5.38. The number of hydrogen-bond donors (Lipinski definition) is 0. The van der Waals surface area contributed by atoms with Gasteiger partial charge in [-0.05, 0) is 31.3 Å². The van der Waals surface area contributed by atoms with Gasteiger partial charge in [0.25, 0.3) is 0 Å². The Labute approximate surface area is 68.8 Å². The lowest BCUT2D eigenvalue weighted by Gasteiger charge is -2.22. The van der Waals surface area contributed by atoms with Gasteiger partial charge in [-0.3, -0.25) is 0 Å². The molecule has 1 nitrogen and oxygen atoms in total. The number of rotatable bonds is 3. The van der Waals surface area contributed by atoms with Crippen molar-refractivity contribution in [3.8, 4) is 0 Å². The van der Waals surface area contributed by atoms with Gasteiger partial charge in [-0.1, -0.05) is 19.6 Å². The fraction of sp³-hybridized carbons (Fsp3) is 0.600. The van der Waals surface area contributed by atoms with Crippen LogP contribution in [0.5, 0.6) is 0 Å². The summed E-state index contributed by atoms with van der Waals surface area (Å²) in [5.41, 5.74) is 1.44. The summed E-state index contributed by atoms with van der Waals surface area (Å²) in [6, 6.07) is 0. The van der Waals surface area contributed by atoms with Gasteiger partial charge in [-0.25, -0.2) is 0 Å². The average molecular weight is 152 g/mol. The maximum Gasteiger partial charge on any atom is 0.119 e. The van der Waals surface area contributed by atoms with Crippen LogP contribution >= 0.6 is 0 Å². The van der Waals surface area contributed by atoms with E-state index in [0.29, 0.717) is 6.10 Å². The van der Waals surface area contributed by atoms with E-state index in [9.17, 15) is 0 Å². The Morgan fingerprint density at radius 3 is 3.27 bits per heavy atom. The summed E-state index contributed by atoms with van der Waals surface area (Å²) in [7, 11) is 0. The molecule has 1 aliphatic carbocycles. The van der Waals surface area contributed by atoms with Crippen molar-refractivity contribution in [2.45, 2.75) is 38.7 Å². The van der Waals surface area contributed by atoms with E-state index in [4.69, 9.17) is 4.74 Å². The Morgan fingerprint density at radius 2 is 2.64 bits per heavy atom. The minimum absolute atomic E-state index is 0.325. The van der Waals surface area contributed by atoms with Crippen molar-refractivity contribution in [1.82, 2.24) is 0 Å². The third kappa shape index (κ3) is 2.11. The van der Waals surface area contributed by atoms with Crippen LogP contribution in [-0.4, -0.2) is 6.10 Å². The molecule has 0 aromatic heterocycles. The lowest BCUT2D eigenvalue weighted by atomic mass is 9.95. The molecule has 1 heteroatoms. The molecule has 0 radical (unpaired) electrons. The van der Waals surface area contributed by atoms with Gasteiger partial charge in [0.05, 0.1) is 6.26 Å². The highest BCUT2D eigenvalue weighted by molar-refractivity contribution is 5.11. The number of allylic oxidation sites excluding steroid dienone is 1. The van der Waals surface area contributed by atoms with Gasteiger partial charge in [-0.2, -0.15) is 0 Å². The SMILES string of the molecule is C=COC1CCCC=C1CC. The van der Waals surface area contributed by atoms with Gasteiger partial charge >= 0.3 is 0 Å². The Bertz CT molecular complexity index is 158. The van der Waals surface area contributed by atoms with Crippen LogP contribution in [0.1, 0.15) is 32.6 Å². The van der Waals surface area contributed by atoms with Crippen molar-refractivity contribution in [2.24, 2.45) is 0 Å². The monoisotopic (exact) mass is 152 g/mol. The third-order valence-corrected chi connectivity index (χ3v) is 2.16. The zero-order chi connectivity index (χ0) is 8.10. The van der Waals surface area contributed by atoms with Crippen molar-refractivity contribution in [3.63, 3.8) is 0 Å². The predicted molar refractivity (Wildman–Crippen MR) is 47.3 cm³/mol. The summed E-state index contributed by atoms with van der Waals surface area (Å²) in [4.78, 5) is 0. The first kappa shape index (κ1) is 8.38. The minimum atomic E-state index is 0.325. The number of ether oxygens (including phenoxy) is 1. The molecule has 0 heterocycles. The standard InChI is InChI=1S/C10H16O/c1-3-9-7-5-6-8-10(9)11-4-2/h4,7,10H,2-3,5-6,8H2,1H3. The molecule has 0 saturated carbocycles. The highest BCUT2D eigenvalue weighted by Crippen LogP contribution is 2.23. The van der Waals surface area contributed by atoms with E-state index >= 15 is 0 Å². The molecule has 0 aromatic rings. The summed E-state index contributed by atoms with van der Waals surface area (Å²) in [6.45, 7) is 5.75. The van der Waals surface area contributed by atoms with Crippen LogP contribution in [0.25, 0.3) is 0 Å². The fourth-order valence-corrected chi connectivity index (χ4v) is 1.55. The molecule has 1 aliphatic rings. The largest absolute Gasteiger partial charge is 0.494 e. The van der Waals surface area contributed by atoms with Gasteiger partial charge in [0.15, 0.2) is 0 Å². The summed E-state index contributed by atoms with van der Waals surface area (Å²) in [6.07, 6.45) is 8.93. The van der Waals surface area contributed by atoms with E-state index in [1.807, 2.05) is 0 Å². The van der Waals surface area contributed by atoms with Crippen molar-refractivity contribution in [1.29, 1.82) is 0 Å². The quantitative estimate of drug-likeness (QED) is 0.446. The lowest BCUT2D eigenvalue weighted by molar-refractivity contribution is 0.157. The number of hydrogen-bond acceptors (Lipinski definition) is 1. The van der Waals surface area contributed by atoms with Gasteiger partial charge in [-0.15, -0.1) is 0 Å². The Kier molecular flexibility index (Phi) is 3.21. The molecule has 11 heavy (non-hydrogen) atoms. The second-order valence-corrected chi connectivity index (χ2v) is 2.85. The van der Waals surface area contributed by atoms with Crippen LogP contribution < -0.4 is 0 Å². The zero-order valence-corrected chi connectivity index (χ0v) is 7.18. The van der Waals surface area contributed by atoms with E-state index in [1.165, 1.54) is 18.4 Å². The maximum absolute atomic E-state index is 5.38. The van der Waals surface area contributed by atoms with Crippen LogP contribution in [0, 0.1) is 0 Å². The molecule has 0 spiro atoms.